The minimum Gasteiger partial charge on any atom is -0.351 e. The van der Waals surface area contributed by atoms with Crippen LogP contribution in [0.2, 0.25) is 0 Å². The standard InChI is InChI=1S/C10H14N2O4S/c1-3-11-10(13)9-6-8(4-5-12-9)7-16-17(2,14)15/h4-6H,3,7H2,1-2H3,(H,11,13). The molecule has 6 nitrogen and oxygen atoms in total. The van der Waals surface area contributed by atoms with Crippen LogP contribution in [0.1, 0.15) is 23.0 Å². The normalized spacial score (nSPS) is 11.2. The van der Waals surface area contributed by atoms with Gasteiger partial charge in [0, 0.05) is 12.7 Å². The molecule has 94 valence electrons. The van der Waals surface area contributed by atoms with Crippen LogP contribution in [-0.2, 0) is 20.9 Å². The lowest BCUT2D eigenvalue weighted by molar-refractivity contribution is 0.0950. The first kappa shape index (κ1) is 13.6. The van der Waals surface area contributed by atoms with Crippen LogP contribution in [0.5, 0.6) is 0 Å². The van der Waals surface area contributed by atoms with E-state index >= 15 is 0 Å². The summed E-state index contributed by atoms with van der Waals surface area (Å²) in [5, 5.41) is 2.60. The highest BCUT2D eigenvalue weighted by molar-refractivity contribution is 7.85. The molecule has 17 heavy (non-hydrogen) atoms. The summed E-state index contributed by atoms with van der Waals surface area (Å²) in [6, 6.07) is 3.09. The van der Waals surface area contributed by atoms with E-state index in [9.17, 15) is 13.2 Å². The number of nitrogens with zero attached hydrogens (tertiary/aromatic N) is 1. The summed E-state index contributed by atoms with van der Waals surface area (Å²) in [6.45, 7) is 2.20. The molecular weight excluding hydrogens is 244 g/mol. The van der Waals surface area contributed by atoms with E-state index in [2.05, 4.69) is 14.5 Å². The minimum atomic E-state index is -3.49. The number of hydrogen-bond acceptors (Lipinski definition) is 5. The Hall–Kier alpha value is -1.47. The Balaban J connectivity index is 2.76. The molecule has 1 aromatic rings. The van der Waals surface area contributed by atoms with E-state index in [1.165, 1.54) is 12.3 Å². The predicted octanol–water partition coefficient (Wildman–Crippen LogP) is 0.307. The van der Waals surface area contributed by atoms with Crippen molar-refractivity contribution in [2.24, 2.45) is 0 Å². The number of rotatable bonds is 5. The summed E-state index contributed by atoms with van der Waals surface area (Å²) in [6.07, 6.45) is 2.41. The van der Waals surface area contributed by atoms with Crippen LogP contribution in [0.3, 0.4) is 0 Å². The van der Waals surface area contributed by atoms with E-state index in [-0.39, 0.29) is 18.2 Å². The van der Waals surface area contributed by atoms with Gasteiger partial charge in [0.25, 0.3) is 16.0 Å². The van der Waals surface area contributed by atoms with Gasteiger partial charge >= 0.3 is 0 Å². The molecular formula is C10H14N2O4S. The third-order valence-corrected chi connectivity index (χ3v) is 2.38. The fourth-order valence-electron chi connectivity index (χ4n) is 1.11. The zero-order chi connectivity index (χ0) is 12.9. The molecule has 1 rings (SSSR count). The highest BCUT2D eigenvalue weighted by Crippen LogP contribution is 2.05. The summed E-state index contributed by atoms with van der Waals surface area (Å²) in [5.74, 6) is -0.297. The van der Waals surface area contributed by atoms with Crippen molar-refractivity contribution >= 4 is 16.0 Å². The SMILES string of the molecule is CCNC(=O)c1cc(COS(C)(=O)=O)ccn1. The number of aromatic nitrogens is 1. The quantitative estimate of drug-likeness (QED) is 0.768. The van der Waals surface area contributed by atoms with Crippen LogP contribution in [0.4, 0.5) is 0 Å². The number of amides is 1. The fourth-order valence-corrected chi connectivity index (χ4v) is 1.46. The van der Waals surface area contributed by atoms with Gasteiger partial charge in [0.2, 0.25) is 0 Å². The van der Waals surface area contributed by atoms with E-state index in [1.54, 1.807) is 13.0 Å². The first-order valence-corrected chi connectivity index (χ1v) is 6.81. The average Bonchev–Trinajstić information content (AvgIpc) is 2.26. The van der Waals surface area contributed by atoms with Crippen molar-refractivity contribution in [1.82, 2.24) is 10.3 Å². The molecule has 0 unspecified atom stereocenters. The first-order valence-electron chi connectivity index (χ1n) is 5.00. The van der Waals surface area contributed by atoms with E-state index in [4.69, 9.17) is 0 Å². The van der Waals surface area contributed by atoms with Crippen LogP contribution in [0.15, 0.2) is 18.3 Å². The monoisotopic (exact) mass is 258 g/mol. The molecule has 1 aromatic heterocycles. The molecule has 0 aromatic carbocycles. The van der Waals surface area contributed by atoms with Crippen LogP contribution in [0.25, 0.3) is 0 Å². The number of hydrogen-bond donors (Lipinski definition) is 1. The zero-order valence-corrected chi connectivity index (χ0v) is 10.5. The van der Waals surface area contributed by atoms with Gasteiger partial charge in [-0.25, -0.2) is 0 Å². The van der Waals surface area contributed by atoms with Crippen LogP contribution >= 0.6 is 0 Å². The molecule has 0 aliphatic carbocycles. The lowest BCUT2D eigenvalue weighted by Crippen LogP contribution is -2.23. The maximum atomic E-state index is 11.5. The van der Waals surface area contributed by atoms with Crippen molar-refractivity contribution in [3.8, 4) is 0 Å². The maximum absolute atomic E-state index is 11.5. The zero-order valence-electron chi connectivity index (χ0n) is 9.63. The van der Waals surface area contributed by atoms with Gasteiger partial charge in [0.05, 0.1) is 12.9 Å². The maximum Gasteiger partial charge on any atom is 0.269 e. The highest BCUT2D eigenvalue weighted by Gasteiger charge is 2.08. The van der Waals surface area contributed by atoms with Gasteiger partial charge in [-0.2, -0.15) is 8.42 Å². The molecule has 0 saturated heterocycles. The summed E-state index contributed by atoms with van der Waals surface area (Å²) in [5.41, 5.74) is 0.813. The third-order valence-electron chi connectivity index (χ3n) is 1.83. The molecule has 0 fully saturated rings. The van der Waals surface area contributed by atoms with Crippen molar-refractivity contribution in [2.45, 2.75) is 13.5 Å². The second kappa shape index (κ2) is 5.74. The summed E-state index contributed by atoms with van der Waals surface area (Å²) in [7, 11) is -3.49. The molecule has 1 heterocycles. The Labute approximate surface area is 100 Å². The van der Waals surface area contributed by atoms with Crippen molar-refractivity contribution in [3.63, 3.8) is 0 Å². The predicted molar refractivity (Wildman–Crippen MR) is 61.9 cm³/mol. The van der Waals surface area contributed by atoms with Crippen LogP contribution in [-0.4, -0.2) is 32.1 Å². The van der Waals surface area contributed by atoms with Crippen LogP contribution < -0.4 is 5.32 Å². The minimum absolute atomic E-state index is 0.103. The number of pyridine rings is 1. The van der Waals surface area contributed by atoms with Gasteiger partial charge < -0.3 is 5.32 Å². The lowest BCUT2D eigenvalue weighted by Gasteiger charge is -2.04. The Morgan fingerprint density at radius 1 is 1.53 bits per heavy atom. The topological polar surface area (TPSA) is 85.4 Å². The van der Waals surface area contributed by atoms with Crippen molar-refractivity contribution in [2.75, 3.05) is 12.8 Å². The number of carbonyl (C=O) groups excluding carboxylic acids is 1. The molecule has 0 spiro atoms. The Kier molecular flexibility index (Phi) is 4.59. The Morgan fingerprint density at radius 3 is 2.82 bits per heavy atom. The Morgan fingerprint density at radius 2 is 2.24 bits per heavy atom. The molecule has 1 N–H and O–H groups in total. The second-order valence-corrected chi connectivity index (χ2v) is 5.02. The first-order chi connectivity index (χ1) is 7.92. The van der Waals surface area contributed by atoms with Gasteiger partial charge in [-0.15, -0.1) is 0 Å². The third kappa shape index (κ3) is 4.92. The molecule has 0 saturated carbocycles. The number of carbonyl (C=O) groups is 1. The largest absolute Gasteiger partial charge is 0.351 e. The summed E-state index contributed by atoms with van der Waals surface area (Å²) >= 11 is 0. The van der Waals surface area contributed by atoms with Crippen molar-refractivity contribution < 1.29 is 17.4 Å². The van der Waals surface area contributed by atoms with E-state index in [0.717, 1.165) is 6.26 Å². The van der Waals surface area contributed by atoms with Crippen molar-refractivity contribution in [3.05, 3.63) is 29.6 Å². The summed E-state index contributed by atoms with van der Waals surface area (Å²) in [4.78, 5) is 15.4. The van der Waals surface area contributed by atoms with E-state index in [0.29, 0.717) is 12.1 Å². The summed E-state index contributed by atoms with van der Waals surface area (Å²) < 4.78 is 26.2. The molecule has 1 amide bonds. The molecule has 0 radical (unpaired) electrons. The van der Waals surface area contributed by atoms with Gasteiger partial charge in [-0.05, 0) is 24.6 Å². The van der Waals surface area contributed by atoms with E-state index < -0.39 is 10.1 Å². The lowest BCUT2D eigenvalue weighted by atomic mass is 10.2. The molecule has 0 bridgehead atoms. The highest BCUT2D eigenvalue weighted by atomic mass is 32.2. The Bertz CT molecular complexity index is 499. The van der Waals surface area contributed by atoms with Gasteiger partial charge in [0.15, 0.2) is 0 Å². The molecule has 0 aliphatic heterocycles. The van der Waals surface area contributed by atoms with Crippen LogP contribution in [0, 0.1) is 0 Å². The fraction of sp³-hybridized carbons (Fsp3) is 0.400. The molecule has 7 heteroatoms. The van der Waals surface area contributed by atoms with Gasteiger partial charge in [0.1, 0.15) is 5.69 Å². The average molecular weight is 258 g/mol. The second-order valence-electron chi connectivity index (χ2n) is 3.38. The number of nitrogens with one attached hydrogen (secondary N) is 1. The molecule has 0 atom stereocenters. The van der Waals surface area contributed by atoms with Gasteiger partial charge in [-0.1, -0.05) is 0 Å². The van der Waals surface area contributed by atoms with Gasteiger partial charge in [-0.3, -0.25) is 14.0 Å². The molecule has 0 aliphatic rings. The smallest absolute Gasteiger partial charge is 0.269 e. The van der Waals surface area contributed by atoms with Crippen molar-refractivity contribution in [1.29, 1.82) is 0 Å². The van der Waals surface area contributed by atoms with E-state index in [1.807, 2.05) is 0 Å².